The number of hydrogen-bond acceptors (Lipinski definition) is 4. The minimum atomic E-state index is -0.0786. The smallest absolute Gasteiger partial charge is 0.270 e. The maximum atomic E-state index is 12.2. The first-order chi connectivity index (χ1) is 9.69. The Labute approximate surface area is 125 Å². The number of rotatable bonds is 6. The summed E-state index contributed by atoms with van der Waals surface area (Å²) in [6, 6.07) is 5.50. The van der Waals surface area contributed by atoms with Gasteiger partial charge in [0.15, 0.2) is 0 Å². The molecule has 5 heteroatoms. The molecular formula is C15H23N3OS. The van der Waals surface area contributed by atoms with Gasteiger partial charge in [-0.1, -0.05) is 18.9 Å². The van der Waals surface area contributed by atoms with Gasteiger partial charge in [-0.3, -0.25) is 4.79 Å². The summed E-state index contributed by atoms with van der Waals surface area (Å²) in [5.41, 5.74) is 0.484. The molecule has 0 atom stereocenters. The lowest BCUT2D eigenvalue weighted by Crippen LogP contribution is -2.38. The minimum absolute atomic E-state index is 0.0786. The molecule has 4 nitrogen and oxygen atoms in total. The van der Waals surface area contributed by atoms with Gasteiger partial charge in [-0.25, -0.2) is 4.98 Å². The van der Waals surface area contributed by atoms with E-state index in [2.05, 4.69) is 21.9 Å². The van der Waals surface area contributed by atoms with Crippen LogP contribution >= 0.6 is 11.8 Å². The van der Waals surface area contributed by atoms with Crippen LogP contribution in [-0.2, 0) is 0 Å². The molecule has 0 aliphatic heterocycles. The second-order valence-electron chi connectivity index (χ2n) is 5.22. The lowest BCUT2D eigenvalue weighted by Gasteiger charge is -2.26. The second-order valence-corrected chi connectivity index (χ2v) is 6.49. The zero-order valence-electron chi connectivity index (χ0n) is 12.2. The Morgan fingerprint density at radius 1 is 1.40 bits per heavy atom. The van der Waals surface area contributed by atoms with E-state index in [0.717, 1.165) is 18.9 Å². The molecule has 1 aromatic rings. The number of carbonyl (C=O) groups excluding carboxylic acids is 1. The molecule has 1 aliphatic carbocycles. The molecule has 0 saturated heterocycles. The van der Waals surface area contributed by atoms with Crippen LogP contribution in [0.25, 0.3) is 0 Å². The van der Waals surface area contributed by atoms with Crippen molar-refractivity contribution in [2.75, 3.05) is 24.7 Å². The van der Waals surface area contributed by atoms with E-state index >= 15 is 0 Å². The van der Waals surface area contributed by atoms with E-state index in [-0.39, 0.29) is 10.7 Å². The Kier molecular flexibility index (Phi) is 5.29. The highest BCUT2D eigenvalue weighted by Gasteiger charge is 2.33. The molecule has 0 radical (unpaired) electrons. The number of carbonyl (C=O) groups is 1. The SMILES string of the molecule is CCNc1cccc(C(=O)NCC2(SC)CCCC2)n1. The second kappa shape index (κ2) is 6.97. The standard InChI is InChI=1S/C15H23N3OS/c1-3-16-13-8-6-7-12(18-13)14(19)17-11-15(20-2)9-4-5-10-15/h6-8H,3-5,9-11H2,1-2H3,(H,16,18)(H,17,19). The van der Waals surface area contributed by atoms with Gasteiger partial charge in [0, 0.05) is 17.8 Å². The summed E-state index contributed by atoms with van der Waals surface area (Å²) < 4.78 is 0.231. The fourth-order valence-electron chi connectivity index (χ4n) is 2.65. The molecule has 1 saturated carbocycles. The van der Waals surface area contributed by atoms with Crippen molar-refractivity contribution in [1.82, 2.24) is 10.3 Å². The van der Waals surface area contributed by atoms with Crippen molar-refractivity contribution in [3.63, 3.8) is 0 Å². The van der Waals surface area contributed by atoms with E-state index in [1.165, 1.54) is 25.7 Å². The normalized spacial score (nSPS) is 16.9. The van der Waals surface area contributed by atoms with E-state index < -0.39 is 0 Å². The average molecular weight is 293 g/mol. The lowest BCUT2D eigenvalue weighted by molar-refractivity contribution is 0.0945. The number of anilines is 1. The van der Waals surface area contributed by atoms with Crippen LogP contribution in [0.3, 0.4) is 0 Å². The average Bonchev–Trinajstić information content (AvgIpc) is 2.95. The molecular weight excluding hydrogens is 270 g/mol. The Morgan fingerprint density at radius 3 is 2.80 bits per heavy atom. The molecule has 0 unspecified atom stereocenters. The summed E-state index contributed by atoms with van der Waals surface area (Å²) >= 11 is 1.88. The molecule has 0 aromatic carbocycles. The molecule has 2 N–H and O–H groups in total. The first-order valence-electron chi connectivity index (χ1n) is 7.23. The number of hydrogen-bond donors (Lipinski definition) is 2. The van der Waals surface area contributed by atoms with Crippen molar-refractivity contribution in [1.29, 1.82) is 0 Å². The van der Waals surface area contributed by atoms with Crippen molar-refractivity contribution in [3.8, 4) is 0 Å². The van der Waals surface area contributed by atoms with Crippen molar-refractivity contribution in [2.45, 2.75) is 37.4 Å². The van der Waals surface area contributed by atoms with E-state index in [4.69, 9.17) is 0 Å². The Bertz CT molecular complexity index is 458. The molecule has 20 heavy (non-hydrogen) atoms. The lowest BCUT2D eigenvalue weighted by atomic mass is 10.1. The first kappa shape index (κ1) is 15.2. The fraction of sp³-hybridized carbons (Fsp3) is 0.600. The highest BCUT2D eigenvalue weighted by Crippen LogP contribution is 2.39. The molecule has 1 fully saturated rings. The quantitative estimate of drug-likeness (QED) is 0.847. The van der Waals surface area contributed by atoms with Crippen molar-refractivity contribution < 1.29 is 4.79 Å². The third-order valence-electron chi connectivity index (χ3n) is 3.86. The van der Waals surface area contributed by atoms with Crippen molar-refractivity contribution >= 4 is 23.5 Å². The van der Waals surface area contributed by atoms with Gasteiger partial charge in [-0.05, 0) is 38.2 Å². The molecule has 1 aliphatic rings. The number of nitrogens with one attached hydrogen (secondary N) is 2. The van der Waals surface area contributed by atoms with Gasteiger partial charge in [0.2, 0.25) is 0 Å². The molecule has 2 rings (SSSR count). The summed E-state index contributed by atoms with van der Waals surface area (Å²) in [6.45, 7) is 3.55. The van der Waals surface area contributed by atoms with Crippen LogP contribution in [0, 0.1) is 0 Å². The number of amides is 1. The van der Waals surface area contributed by atoms with Crippen molar-refractivity contribution in [2.24, 2.45) is 0 Å². The molecule has 1 heterocycles. The topological polar surface area (TPSA) is 54.0 Å². The zero-order chi connectivity index (χ0) is 14.4. The van der Waals surface area contributed by atoms with E-state index in [1.54, 1.807) is 6.07 Å². The van der Waals surface area contributed by atoms with Crippen LogP contribution in [-0.4, -0.2) is 35.0 Å². The van der Waals surface area contributed by atoms with Crippen LogP contribution < -0.4 is 10.6 Å². The third kappa shape index (κ3) is 3.66. The maximum absolute atomic E-state index is 12.2. The number of pyridine rings is 1. The van der Waals surface area contributed by atoms with E-state index in [9.17, 15) is 4.79 Å². The summed E-state index contributed by atoms with van der Waals surface area (Å²) in [5.74, 6) is 0.672. The summed E-state index contributed by atoms with van der Waals surface area (Å²) in [5, 5.41) is 6.18. The van der Waals surface area contributed by atoms with Gasteiger partial charge in [0.05, 0.1) is 0 Å². The molecule has 0 spiro atoms. The number of aromatic nitrogens is 1. The molecule has 0 bridgehead atoms. The highest BCUT2D eigenvalue weighted by atomic mass is 32.2. The Hall–Kier alpha value is -1.23. The van der Waals surface area contributed by atoms with Crippen LogP contribution in [0.4, 0.5) is 5.82 Å². The number of thioether (sulfide) groups is 1. The Morgan fingerprint density at radius 2 is 2.15 bits per heavy atom. The van der Waals surface area contributed by atoms with Gasteiger partial charge >= 0.3 is 0 Å². The summed E-state index contributed by atoms with van der Waals surface area (Å²) in [7, 11) is 0. The summed E-state index contributed by atoms with van der Waals surface area (Å²) in [4.78, 5) is 16.5. The highest BCUT2D eigenvalue weighted by molar-refractivity contribution is 8.00. The van der Waals surface area contributed by atoms with Crippen LogP contribution in [0.5, 0.6) is 0 Å². The van der Waals surface area contributed by atoms with E-state index in [1.807, 2.05) is 30.8 Å². The van der Waals surface area contributed by atoms with Crippen molar-refractivity contribution in [3.05, 3.63) is 23.9 Å². The largest absolute Gasteiger partial charge is 0.370 e. The monoisotopic (exact) mass is 293 g/mol. The predicted molar refractivity (Wildman–Crippen MR) is 85.4 cm³/mol. The van der Waals surface area contributed by atoms with Gasteiger partial charge in [-0.15, -0.1) is 0 Å². The van der Waals surface area contributed by atoms with Crippen LogP contribution in [0.15, 0.2) is 18.2 Å². The maximum Gasteiger partial charge on any atom is 0.270 e. The predicted octanol–water partition coefficient (Wildman–Crippen LogP) is 2.92. The zero-order valence-corrected chi connectivity index (χ0v) is 13.1. The number of nitrogens with zero attached hydrogens (tertiary/aromatic N) is 1. The first-order valence-corrected chi connectivity index (χ1v) is 8.46. The van der Waals surface area contributed by atoms with Gasteiger partial charge in [0.25, 0.3) is 5.91 Å². The molecule has 110 valence electrons. The van der Waals surface area contributed by atoms with Crippen LogP contribution in [0.2, 0.25) is 0 Å². The van der Waals surface area contributed by atoms with E-state index in [0.29, 0.717) is 5.69 Å². The van der Waals surface area contributed by atoms with Gasteiger partial charge in [0.1, 0.15) is 11.5 Å². The molecule has 1 amide bonds. The minimum Gasteiger partial charge on any atom is -0.370 e. The summed E-state index contributed by atoms with van der Waals surface area (Å²) in [6.07, 6.45) is 7.07. The van der Waals surface area contributed by atoms with Crippen LogP contribution in [0.1, 0.15) is 43.1 Å². The van der Waals surface area contributed by atoms with Gasteiger partial charge < -0.3 is 10.6 Å². The third-order valence-corrected chi connectivity index (χ3v) is 5.28. The fourth-order valence-corrected chi connectivity index (χ4v) is 3.56. The molecule has 1 aromatic heterocycles. The van der Waals surface area contributed by atoms with Gasteiger partial charge in [-0.2, -0.15) is 11.8 Å². The Balaban J connectivity index is 1.96.